The lowest BCUT2D eigenvalue weighted by Crippen LogP contribution is -2.08. The van der Waals surface area contributed by atoms with Crippen LogP contribution in [0.4, 0.5) is 0 Å². The number of para-hydroxylation sites is 1. The highest BCUT2D eigenvalue weighted by molar-refractivity contribution is 6.10. The molecule has 2 N–H and O–H groups in total. The smallest absolute Gasteiger partial charge is 0.339 e. The summed E-state index contributed by atoms with van der Waals surface area (Å²) in [7, 11) is 0. The maximum atomic E-state index is 12.0. The van der Waals surface area contributed by atoms with Gasteiger partial charge in [0.2, 0.25) is 11.6 Å². The summed E-state index contributed by atoms with van der Waals surface area (Å²) < 4.78 is 0. The average Bonchev–Trinajstić information content (AvgIpc) is 2.39. The zero-order chi connectivity index (χ0) is 13.1. The Hall–Kier alpha value is -2.76. The Morgan fingerprint density at radius 3 is 2.22 bits per heavy atom. The van der Waals surface area contributed by atoms with E-state index in [9.17, 15) is 14.7 Å². The number of rotatable bonds is 3. The topological polar surface area (TPSA) is 100 Å². The van der Waals surface area contributed by atoms with Crippen LogP contribution in [0, 0.1) is 0 Å². The Balaban J connectivity index is 2.50. The lowest BCUT2D eigenvalue weighted by atomic mass is 10.0. The molecule has 0 aliphatic heterocycles. The van der Waals surface area contributed by atoms with Gasteiger partial charge in [-0.15, -0.1) is 0 Å². The van der Waals surface area contributed by atoms with Gasteiger partial charge in [-0.3, -0.25) is 4.79 Å². The summed E-state index contributed by atoms with van der Waals surface area (Å²) in [5.41, 5.74) is -0.474. The van der Waals surface area contributed by atoms with Gasteiger partial charge >= 0.3 is 5.97 Å². The van der Waals surface area contributed by atoms with Crippen molar-refractivity contribution in [3.05, 3.63) is 53.6 Å². The predicted molar refractivity (Wildman–Crippen MR) is 60.5 cm³/mol. The fourth-order valence-electron chi connectivity index (χ4n) is 1.44. The molecule has 6 heteroatoms. The van der Waals surface area contributed by atoms with Gasteiger partial charge in [0.15, 0.2) is 0 Å². The van der Waals surface area contributed by atoms with Crippen molar-refractivity contribution in [2.24, 2.45) is 0 Å². The van der Waals surface area contributed by atoms with E-state index in [-0.39, 0.29) is 17.0 Å². The molecule has 18 heavy (non-hydrogen) atoms. The summed E-state index contributed by atoms with van der Waals surface area (Å²) in [6, 6.07) is 5.45. The number of aromatic hydroxyl groups is 1. The number of carboxylic acid groups (broad SMARTS) is 1. The molecule has 0 fully saturated rings. The number of nitrogens with zero attached hydrogens (tertiary/aromatic N) is 2. The number of carboxylic acids is 1. The molecule has 0 amide bonds. The summed E-state index contributed by atoms with van der Waals surface area (Å²) >= 11 is 0. The molecule has 0 saturated heterocycles. The molecule has 2 aromatic rings. The quantitative estimate of drug-likeness (QED) is 0.784. The highest BCUT2D eigenvalue weighted by Crippen LogP contribution is 2.24. The molecule has 0 atom stereocenters. The standard InChI is InChI=1S/C12H8N2O4/c15-9-7(3-1-4-8(9)12(17)18)10(16)11-13-5-2-6-14-11/h1-6,15H,(H,17,18). The van der Waals surface area contributed by atoms with E-state index in [1.807, 2.05) is 0 Å². The van der Waals surface area contributed by atoms with Gasteiger partial charge in [0.1, 0.15) is 11.3 Å². The van der Waals surface area contributed by atoms with Gasteiger partial charge in [0, 0.05) is 12.4 Å². The molecule has 6 nitrogen and oxygen atoms in total. The van der Waals surface area contributed by atoms with Crippen molar-refractivity contribution in [2.75, 3.05) is 0 Å². The molecule has 1 aromatic carbocycles. The normalized spacial score (nSPS) is 10.0. The van der Waals surface area contributed by atoms with Crippen molar-refractivity contribution in [1.29, 1.82) is 0 Å². The van der Waals surface area contributed by atoms with Crippen molar-refractivity contribution < 1.29 is 19.8 Å². The Morgan fingerprint density at radius 2 is 1.61 bits per heavy atom. The lowest BCUT2D eigenvalue weighted by molar-refractivity contribution is 0.0693. The minimum atomic E-state index is -1.31. The third-order valence-electron chi connectivity index (χ3n) is 2.28. The van der Waals surface area contributed by atoms with Crippen molar-refractivity contribution in [2.45, 2.75) is 0 Å². The largest absolute Gasteiger partial charge is 0.506 e. The van der Waals surface area contributed by atoms with Crippen molar-refractivity contribution in [3.63, 3.8) is 0 Å². The molecular weight excluding hydrogens is 236 g/mol. The highest BCUT2D eigenvalue weighted by atomic mass is 16.4. The van der Waals surface area contributed by atoms with E-state index in [2.05, 4.69) is 9.97 Å². The number of phenols is 1. The SMILES string of the molecule is O=C(O)c1cccc(C(=O)c2ncccn2)c1O. The Labute approximate surface area is 102 Å². The first kappa shape index (κ1) is 11.7. The summed E-state index contributed by atoms with van der Waals surface area (Å²) in [6.07, 6.45) is 2.77. The number of hydrogen-bond donors (Lipinski definition) is 2. The molecule has 0 unspecified atom stereocenters. The van der Waals surface area contributed by atoms with Gasteiger partial charge in [0.25, 0.3) is 0 Å². The van der Waals surface area contributed by atoms with E-state index in [4.69, 9.17) is 5.11 Å². The van der Waals surface area contributed by atoms with Crippen molar-refractivity contribution in [3.8, 4) is 5.75 Å². The average molecular weight is 244 g/mol. The van der Waals surface area contributed by atoms with Crippen LogP contribution in [0.15, 0.2) is 36.7 Å². The Bertz CT molecular complexity index is 611. The van der Waals surface area contributed by atoms with Crippen LogP contribution in [-0.4, -0.2) is 31.9 Å². The van der Waals surface area contributed by atoms with Crippen LogP contribution in [0.3, 0.4) is 0 Å². The van der Waals surface area contributed by atoms with Gasteiger partial charge in [-0.25, -0.2) is 14.8 Å². The first-order valence-electron chi connectivity index (χ1n) is 4.98. The van der Waals surface area contributed by atoms with Gasteiger partial charge < -0.3 is 10.2 Å². The van der Waals surface area contributed by atoms with Gasteiger partial charge in [-0.05, 0) is 18.2 Å². The highest BCUT2D eigenvalue weighted by Gasteiger charge is 2.20. The first-order valence-corrected chi connectivity index (χ1v) is 4.98. The van der Waals surface area contributed by atoms with Crippen LogP contribution in [0.1, 0.15) is 26.5 Å². The fraction of sp³-hybridized carbons (Fsp3) is 0. The van der Waals surface area contributed by atoms with E-state index in [1.54, 1.807) is 6.07 Å². The number of hydrogen-bond acceptors (Lipinski definition) is 5. The fourth-order valence-corrected chi connectivity index (χ4v) is 1.44. The van der Waals surface area contributed by atoms with Crippen LogP contribution in [-0.2, 0) is 0 Å². The van der Waals surface area contributed by atoms with Crippen LogP contribution in [0.5, 0.6) is 5.75 Å². The molecule has 0 bridgehead atoms. The van der Waals surface area contributed by atoms with E-state index >= 15 is 0 Å². The van der Waals surface area contributed by atoms with Crippen LogP contribution >= 0.6 is 0 Å². The van der Waals surface area contributed by atoms with Gasteiger partial charge in [-0.2, -0.15) is 0 Å². The van der Waals surface area contributed by atoms with Crippen LogP contribution in [0.2, 0.25) is 0 Å². The molecule has 1 aromatic heterocycles. The third-order valence-corrected chi connectivity index (χ3v) is 2.28. The Morgan fingerprint density at radius 1 is 1.00 bits per heavy atom. The molecular formula is C12H8N2O4. The Kier molecular flexibility index (Phi) is 3.01. The monoisotopic (exact) mass is 244 g/mol. The number of aromatic nitrogens is 2. The molecule has 0 aliphatic carbocycles. The lowest BCUT2D eigenvalue weighted by Gasteiger charge is -2.05. The second-order valence-corrected chi connectivity index (χ2v) is 3.41. The number of ketones is 1. The minimum Gasteiger partial charge on any atom is -0.506 e. The second kappa shape index (κ2) is 4.62. The van der Waals surface area contributed by atoms with Crippen molar-refractivity contribution >= 4 is 11.8 Å². The molecule has 0 saturated carbocycles. The molecule has 0 radical (unpaired) electrons. The molecule has 0 aliphatic rings. The minimum absolute atomic E-state index is 0.102. The molecule has 0 spiro atoms. The maximum absolute atomic E-state index is 12.0. The first-order chi connectivity index (χ1) is 8.61. The summed E-state index contributed by atoms with van der Waals surface area (Å²) in [4.78, 5) is 30.3. The van der Waals surface area contributed by atoms with Gasteiger partial charge in [0.05, 0.1) is 5.56 Å². The number of aromatic carboxylic acids is 1. The zero-order valence-electron chi connectivity index (χ0n) is 9.07. The zero-order valence-corrected chi connectivity index (χ0v) is 9.07. The van der Waals surface area contributed by atoms with E-state index in [0.717, 1.165) is 0 Å². The van der Waals surface area contributed by atoms with Crippen LogP contribution < -0.4 is 0 Å². The second-order valence-electron chi connectivity index (χ2n) is 3.41. The van der Waals surface area contributed by atoms with E-state index in [0.29, 0.717) is 0 Å². The maximum Gasteiger partial charge on any atom is 0.339 e. The summed E-state index contributed by atoms with van der Waals surface area (Å²) in [5, 5.41) is 18.6. The van der Waals surface area contributed by atoms with Crippen molar-refractivity contribution in [1.82, 2.24) is 9.97 Å². The van der Waals surface area contributed by atoms with Gasteiger partial charge in [-0.1, -0.05) is 6.07 Å². The molecule has 90 valence electrons. The van der Waals surface area contributed by atoms with Crippen LogP contribution in [0.25, 0.3) is 0 Å². The number of carbonyl (C=O) groups excluding carboxylic acids is 1. The number of carbonyl (C=O) groups is 2. The summed E-state index contributed by atoms with van der Waals surface area (Å²) in [5.74, 6) is -2.62. The van der Waals surface area contributed by atoms with E-state index < -0.39 is 17.5 Å². The molecule has 1 heterocycles. The van der Waals surface area contributed by atoms with E-state index in [1.165, 1.54) is 30.6 Å². The third kappa shape index (κ3) is 2.03. The summed E-state index contributed by atoms with van der Waals surface area (Å²) in [6.45, 7) is 0. The predicted octanol–water partition coefficient (Wildman–Crippen LogP) is 1.11. The molecule has 2 rings (SSSR count). The number of benzene rings is 1.